The van der Waals surface area contributed by atoms with Crippen LogP contribution in [0.4, 0.5) is 0 Å². The highest BCUT2D eigenvalue weighted by atomic mass is 16.5. The van der Waals surface area contributed by atoms with Crippen LogP contribution >= 0.6 is 0 Å². The monoisotopic (exact) mass is 201 g/mol. The lowest BCUT2D eigenvalue weighted by atomic mass is 10.2. The number of carbonyl (C=O) groups is 1. The van der Waals surface area contributed by atoms with Crippen molar-refractivity contribution in [2.24, 2.45) is 0 Å². The average molecular weight is 201 g/mol. The van der Waals surface area contributed by atoms with Crippen molar-refractivity contribution in [3.05, 3.63) is 12.3 Å². The number of carbonyl (C=O) groups excluding carboxylic acids is 1. The number of quaternary nitrogens is 1. The summed E-state index contributed by atoms with van der Waals surface area (Å²) in [5.41, 5.74) is 2.69. The molecule has 0 saturated carbocycles. The number of unbranched alkanes of at least 4 members (excludes halogenated alkanes) is 2. The number of hydrogen-bond acceptors (Lipinski definition) is 3. The number of ketones is 1. The van der Waals surface area contributed by atoms with Gasteiger partial charge in [0, 0.05) is 0 Å². The highest BCUT2D eigenvalue weighted by Gasteiger charge is 2.11. The van der Waals surface area contributed by atoms with Gasteiger partial charge in [-0.2, -0.15) is 5.21 Å². The van der Waals surface area contributed by atoms with Gasteiger partial charge in [-0.1, -0.05) is 18.5 Å². The van der Waals surface area contributed by atoms with Gasteiger partial charge in [-0.25, -0.2) is 0 Å². The van der Waals surface area contributed by atoms with Crippen LogP contribution in [0.2, 0.25) is 0 Å². The Kier molecular flexibility index (Phi) is 7.28. The van der Waals surface area contributed by atoms with Crippen LogP contribution in [-0.4, -0.2) is 17.0 Å². The second-order valence-corrected chi connectivity index (χ2v) is 3.41. The predicted molar refractivity (Wildman–Crippen MR) is 54.7 cm³/mol. The largest absolute Gasteiger partial charge is 0.298 e. The van der Waals surface area contributed by atoms with Gasteiger partial charge in [0.1, 0.15) is 12.2 Å². The van der Waals surface area contributed by atoms with E-state index in [0.29, 0.717) is 0 Å². The van der Waals surface area contributed by atoms with Gasteiger partial charge in [-0.3, -0.25) is 4.79 Å². The van der Waals surface area contributed by atoms with Crippen LogP contribution < -0.4 is 10.6 Å². The van der Waals surface area contributed by atoms with Gasteiger partial charge in [0.25, 0.3) is 0 Å². The Morgan fingerprint density at radius 2 is 2.29 bits per heavy atom. The first-order valence-corrected chi connectivity index (χ1v) is 5.07. The zero-order chi connectivity index (χ0) is 11.0. The Bertz CT molecular complexity index is 193. The van der Waals surface area contributed by atoms with Gasteiger partial charge < -0.3 is 0 Å². The van der Waals surface area contributed by atoms with Crippen molar-refractivity contribution in [3.8, 4) is 0 Å². The molecule has 0 fully saturated rings. The molecule has 0 aliphatic heterocycles. The molecule has 4 heteroatoms. The SMILES string of the molecule is CCCCC=C[NH+](O)NC(C)C(C)=O. The first-order chi connectivity index (χ1) is 6.57. The molecular formula is C10H21N2O2+. The number of hydrogen-bond donors (Lipinski definition) is 3. The van der Waals surface area contributed by atoms with Crippen LogP contribution in [0.1, 0.15) is 40.0 Å². The van der Waals surface area contributed by atoms with Crippen molar-refractivity contribution in [1.82, 2.24) is 5.43 Å². The van der Waals surface area contributed by atoms with Gasteiger partial charge in [-0.15, -0.1) is 5.43 Å². The maximum absolute atomic E-state index is 10.8. The number of hydroxylamine groups is 1. The summed E-state index contributed by atoms with van der Waals surface area (Å²) in [6.45, 7) is 5.33. The molecule has 2 unspecified atom stereocenters. The van der Waals surface area contributed by atoms with E-state index >= 15 is 0 Å². The van der Waals surface area contributed by atoms with Gasteiger partial charge >= 0.3 is 0 Å². The minimum atomic E-state index is -0.328. The highest BCUT2D eigenvalue weighted by molar-refractivity contribution is 5.80. The molecule has 0 rings (SSSR count). The summed E-state index contributed by atoms with van der Waals surface area (Å²) in [4.78, 5) is 10.8. The molecule has 0 heterocycles. The second-order valence-electron chi connectivity index (χ2n) is 3.41. The third kappa shape index (κ3) is 6.77. The van der Waals surface area contributed by atoms with Crippen LogP contribution in [0.25, 0.3) is 0 Å². The molecule has 0 spiro atoms. The van der Waals surface area contributed by atoms with Crippen LogP contribution in [0.3, 0.4) is 0 Å². The number of Topliss-reactive ketones (excluding diaryl/α,β-unsaturated/α-hetero) is 1. The fourth-order valence-electron chi connectivity index (χ4n) is 0.889. The van der Waals surface area contributed by atoms with Gasteiger partial charge in [0.15, 0.2) is 5.78 Å². The molecule has 0 aromatic carbocycles. The lowest BCUT2D eigenvalue weighted by molar-refractivity contribution is -1.08. The summed E-state index contributed by atoms with van der Waals surface area (Å²) in [6, 6.07) is -0.328. The molecule has 14 heavy (non-hydrogen) atoms. The second kappa shape index (κ2) is 7.67. The first-order valence-electron chi connectivity index (χ1n) is 5.07. The Morgan fingerprint density at radius 1 is 1.64 bits per heavy atom. The molecule has 0 aromatic rings. The molecule has 3 N–H and O–H groups in total. The minimum absolute atomic E-state index is 0.0125. The standard InChI is InChI=1S/C10H20N2O2/c1-4-5-6-7-8-12(14)11-9(2)10(3)13/h7-9,11,14H,4-6H2,1-3H3/p+1. The molecule has 82 valence electrons. The Morgan fingerprint density at radius 3 is 2.79 bits per heavy atom. The van der Waals surface area contributed by atoms with Crippen molar-refractivity contribution in [2.45, 2.75) is 46.1 Å². The Labute approximate surface area is 85.5 Å². The topological polar surface area (TPSA) is 53.8 Å². The zero-order valence-corrected chi connectivity index (χ0v) is 9.21. The summed E-state index contributed by atoms with van der Waals surface area (Å²) in [7, 11) is 0. The highest BCUT2D eigenvalue weighted by Crippen LogP contribution is 1.92. The third-order valence-electron chi connectivity index (χ3n) is 1.97. The molecule has 0 aliphatic rings. The number of nitrogens with one attached hydrogen (secondary N) is 2. The van der Waals surface area contributed by atoms with E-state index in [4.69, 9.17) is 0 Å². The molecule has 0 radical (unpaired) electrons. The molecular weight excluding hydrogens is 180 g/mol. The lowest BCUT2D eigenvalue weighted by Gasteiger charge is -2.10. The van der Waals surface area contributed by atoms with Crippen molar-refractivity contribution in [2.75, 3.05) is 0 Å². The normalized spacial score (nSPS) is 15.7. The van der Waals surface area contributed by atoms with Crippen LogP contribution in [-0.2, 0) is 4.79 Å². The van der Waals surface area contributed by atoms with E-state index in [2.05, 4.69) is 12.3 Å². The zero-order valence-electron chi connectivity index (χ0n) is 9.21. The third-order valence-corrected chi connectivity index (χ3v) is 1.97. The molecule has 4 nitrogen and oxygen atoms in total. The quantitative estimate of drug-likeness (QED) is 0.414. The van der Waals surface area contributed by atoms with Crippen LogP contribution in [0, 0.1) is 0 Å². The number of allylic oxidation sites excluding steroid dienone is 1. The summed E-state index contributed by atoms with van der Waals surface area (Å²) in [5, 5.41) is 9.39. The lowest BCUT2D eigenvalue weighted by Crippen LogP contribution is -3.13. The first kappa shape index (κ1) is 13.3. The Hall–Kier alpha value is -0.710. The summed E-state index contributed by atoms with van der Waals surface area (Å²) < 4.78 is 0. The maximum atomic E-state index is 10.8. The molecule has 0 bridgehead atoms. The minimum Gasteiger partial charge on any atom is -0.298 e. The van der Waals surface area contributed by atoms with Crippen molar-refractivity contribution < 1.29 is 15.2 Å². The van der Waals surface area contributed by atoms with Gasteiger partial charge in [0.2, 0.25) is 0 Å². The van der Waals surface area contributed by atoms with Crippen LogP contribution in [0.5, 0.6) is 0 Å². The Balaban J connectivity index is 3.68. The van der Waals surface area contributed by atoms with E-state index in [-0.39, 0.29) is 17.0 Å². The predicted octanol–water partition coefficient (Wildman–Crippen LogP) is 0.446. The summed E-state index contributed by atoms with van der Waals surface area (Å²) in [5.74, 6) is 0.0125. The summed E-state index contributed by atoms with van der Waals surface area (Å²) in [6.07, 6.45) is 6.72. The molecule has 0 saturated heterocycles. The fourth-order valence-corrected chi connectivity index (χ4v) is 0.889. The van der Waals surface area contributed by atoms with Crippen molar-refractivity contribution >= 4 is 5.78 Å². The van der Waals surface area contributed by atoms with E-state index in [1.54, 1.807) is 13.1 Å². The molecule has 2 atom stereocenters. The van der Waals surface area contributed by atoms with Crippen LogP contribution in [0.15, 0.2) is 12.3 Å². The fraction of sp³-hybridized carbons (Fsp3) is 0.700. The maximum Gasteiger partial charge on any atom is 0.151 e. The molecule has 0 aliphatic carbocycles. The van der Waals surface area contributed by atoms with E-state index < -0.39 is 0 Å². The number of rotatable bonds is 7. The smallest absolute Gasteiger partial charge is 0.151 e. The van der Waals surface area contributed by atoms with Gasteiger partial charge in [-0.05, 0) is 32.8 Å². The molecule has 0 aromatic heterocycles. The van der Waals surface area contributed by atoms with Crippen molar-refractivity contribution in [3.63, 3.8) is 0 Å². The van der Waals surface area contributed by atoms with E-state index in [9.17, 15) is 10.0 Å². The average Bonchev–Trinajstić information content (AvgIpc) is 2.12. The summed E-state index contributed by atoms with van der Waals surface area (Å²) >= 11 is 0. The van der Waals surface area contributed by atoms with E-state index in [1.807, 2.05) is 6.08 Å². The van der Waals surface area contributed by atoms with Crippen molar-refractivity contribution in [1.29, 1.82) is 0 Å². The van der Waals surface area contributed by atoms with E-state index in [1.165, 1.54) is 6.92 Å². The van der Waals surface area contributed by atoms with E-state index in [0.717, 1.165) is 19.3 Å². The molecule has 0 amide bonds. The van der Waals surface area contributed by atoms with Gasteiger partial charge in [0.05, 0.1) is 0 Å².